The van der Waals surface area contributed by atoms with Crippen molar-refractivity contribution in [1.82, 2.24) is 4.90 Å². The fourth-order valence-corrected chi connectivity index (χ4v) is 2.45. The summed E-state index contributed by atoms with van der Waals surface area (Å²) in [5.41, 5.74) is 0.959. The normalized spacial score (nSPS) is 25.1. The zero-order valence-corrected chi connectivity index (χ0v) is 10.5. The van der Waals surface area contributed by atoms with Crippen molar-refractivity contribution in [3.05, 3.63) is 35.9 Å². The third-order valence-electron chi connectivity index (χ3n) is 3.59. The van der Waals surface area contributed by atoms with Gasteiger partial charge in [-0.05, 0) is 12.0 Å². The Balaban J connectivity index is 1.50. The van der Waals surface area contributed by atoms with E-state index in [4.69, 9.17) is 9.47 Å². The van der Waals surface area contributed by atoms with Crippen molar-refractivity contribution < 1.29 is 19.1 Å². The smallest absolute Gasteiger partial charge is 0.410 e. The van der Waals surface area contributed by atoms with E-state index in [9.17, 15) is 9.59 Å². The molecule has 0 saturated carbocycles. The van der Waals surface area contributed by atoms with Crippen LogP contribution in [0.2, 0.25) is 0 Å². The van der Waals surface area contributed by atoms with E-state index >= 15 is 0 Å². The molecule has 0 aromatic heterocycles. The summed E-state index contributed by atoms with van der Waals surface area (Å²) in [6, 6.07) is 9.55. The molecule has 0 N–H and O–H groups in total. The van der Waals surface area contributed by atoms with Gasteiger partial charge in [0.25, 0.3) is 0 Å². The van der Waals surface area contributed by atoms with Crippen LogP contribution in [0.3, 0.4) is 0 Å². The number of hydrogen-bond donors (Lipinski definition) is 0. The average Bonchev–Trinajstić information content (AvgIpc) is 2.44. The molecule has 2 fully saturated rings. The maximum atomic E-state index is 11.9. The predicted molar refractivity (Wildman–Crippen MR) is 66.2 cm³/mol. The molecule has 3 rings (SSSR count). The Kier molecular flexibility index (Phi) is 3.11. The summed E-state index contributed by atoms with van der Waals surface area (Å²) in [7, 11) is 0. The first kappa shape index (κ1) is 12.0. The molecule has 0 spiro atoms. The summed E-state index contributed by atoms with van der Waals surface area (Å²) in [5.74, 6) is -0.152. The molecule has 100 valence electrons. The van der Waals surface area contributed by atoms with E-state index in [1.54, 1.807) is 4.90 Å². The lowest BCUT2D eigenvalue weighted by Crippen LogP contribution is -2.57. The number of fused-ring (bicyclic) bond motifs is 1. The number of carbonyl (C=O) groups excluding carboxylic acids is 2. The minimum absolute atomic E-state index is 0.0156. The van der Waals surface area contributed by atoms with Crippen LogP contribution < -0.4 is 0 Å². The zero-order valence-electron chi connectivity index (χ0n) is 10.5. The lowest BCUT2D eigenvalue weighted by atomic mass is 9.89. The van der Waals surface area contributed by atoms with Gasteiger partial charge in [-0.3, -0.25) is 4.79 Å². The number of benzene rings is 1. The predicted octanol–water partition coefficient (Wildman–Crippen LogP) is 1.57. The fraction of sp³-hybridized carbons (Fsp3) is 0.429. The molecule has 2 aliphatic rings. The van der Waals surface area contributed by atoms with Gasteiger partial charge in [-0.1, -0.05) is 30.3 Å². The van der Waals surface area contributed by atoms with Gasteiger partial charge in [0.2, 0.25) is 0 Å². The Hall–Kier alpha value is -2.04. The van der Waals surface area contributed by atoms with Crippen LogP contribution in [0.15, 0.2) is 30.3 Å². The molecule has 5 heteroatoms. The number of hydrogen-bond acceptors (Lipinski definition) is 4. The number of esters is 1. The lowest BCUT2D eigenvalue weighted by Gasteiger charge is -2.42. The number of amides is 1. The number of likely N-dealkylation sites (tertiary alicyclic amines) is 1. The first-order chi connectivity index (χ1) is 9.24. The van der Waals surface area contributed by atoms with E-state index in [1.807, 2.05) is 30.3 Å². The molecule has 1 aromatic carbocycles. The van der Waals surface area contributed by atoms with Gasteiger partial charge in [-0.15, -0.1) is 0 Å². The van der Waals surface area contributed by atoms with E-state index in [2.05, 4.69) is 0 Å². The van der Waals surface area contributed by atoms with Crippen molar-refractivity contribution in [2.45, 2.75) is 19.1 Å². The Labute approximate surface area is 111 Å². The Morgan fingerprint density at radius 3 is 2.84 bits per heavy atom. The third-order valence-corrected chi connectivity index (χ3v) is 3.59. The number of carbonyl (C=O) groups is 2. The molecule has 2 aliphatic heterocycles. The van der Waals surface area contributed by atoms with Gasteiger partial charge in [-0.25, -0.2) is 4.79 Å². The van der Waals surface area contributed by atoms with Crippen LogP contribution in [0.4, 0.5) is 4.79 Å². The van der Waals surface area contributed by atoms with Crippen LogP contribution in [0.1, 0.15) is 12.0 Å². The molecule has 5 nitrogen and oxygen atoms in total. The summed E-state index contributed by atoms with van der Waals surface area (Å²) in [6.07, 6.45) is 0.194. The highest BCUT2D eigenvalue weighted by Gasteiger charge is 2.47. The monoisotopic (exact) mass is 261 g/mol. The standard InChI is InChI=1S/C14H15NO4/c16-13-11-6-7-15(8-12(11)19-13)14(17)18-9-10-4-2-1-3-5-10/h1-5,11-12H,6-9H2/t11-,12+/m1/s1. The van der Waals surface area contributed by atoms with Gasteiger partial charge in [0, 0.05) is 6.54 Å². The van der Waals surface area contributed by atoms with Gasteiger partial charge in [0.15, 0.2) is 0 Å². The number of nitrogens with zero attached hydrogens (tertiary/aromatic N) is 1. The molecule has 2 atom stereocenters. The van der Waals surface area contributed by atoms with Crippen molar-refractivity contribution >= 4 is 12.1 Å². The average molecular weight is 261 g/mol. The summed E-state index contributed by atoms with van der Waals surface area (Å²) < 4.78 is 10.2. The lowest BCUT2D eigenvalue weighted by molar-refractivity contribution is -0.191. The van der Waals surface area contributed by atoms with Crippen LogP contribution in [0.5, 0.6) is 0 Å². The molecule has 0 bridgehead atoms. The van der Waals surface area contributed by atoms with Gasteiger partial charge in [0.05, 0.1) is 12.5 Å². The third kappa shape index (κ3) is 2.41. The molecule has 2 heterocycles. The summed E-state index contributed by atoms with van der Waals surface area (Å²) >= 11 is 0. The van der Waals surface area contributed by atoms with E-state index in [-0.39, 0.29) is 30.7 Å². The van der Waals surface area contributed by atoms with Gasteiger partial charge in [0.1, 0.15) is 12.7 Å². The Morgan fingerprint density at radius 2 is 2.16 bits per heavy atom. The highest BCUT2D eigenvalue weighted by atomic mass is 16.6. The van der Waals surface area contributed by atoms with E-state index in [0.29, 0.717) is 19.5 Å². The molecule has 0 aliphatic carbocycles. The largest absolute Gasteiger partial charge is 0.459 e. The SMILES string of the molecule is O=C1O[C@H]2CN(C(=O)OCc3ccccc3)CC[C@@H]12. The molecule has 19 heavy (non-hydrogen) atoms. The van der Waals surface area contributed by atoms with Gasteiger partial charge >= 0.3 is 12.1 Å². The minimum atomic E-state index is -0.342. The number of ether oxygens (including phenoxy) is 2. The Morgan fingerprint density at radius 1 is 1.37 bits per heavy atom. The zero-order chi connectivity index (χ0) is 13.2. The molecule has 1 amide bonds. The molecular formula is C14H15NO4. The topological polar surface area (TPSA) is 55.8 Å². The number of piperidine rings is 1. The van der Waals surface area contributed by atoms with Crippen molar-refractivity contribution in [3.8, 4) is 0 Å². The van der Waals surface area contributed by atoms with Crippen molar-refractivity contribution in [2.24, 2.45) is 5.92 Å². The van der Waals surface area contributed by atoms with Crippen LogP contribution in [-0.2, 0) is 20.9 Å². The highest BCUT2D eigenvalue weighted by Crippen LogP contribution is 2.30. The van der Waals surface area contributed by atoms with Crippen LogP contribution in [0, 0.1) is 5.92 Å². The van der Waals surface area contributed by atoms with Gasteiger partial charge < -0.3 is 14.4 Å². The summed E-state index contributed by atoms with van der Waals surface area (Å²) in [4.78, 5) is 24.6. The molecule has 0 radical (unpaired) electrons. The second-order valence-electron chi connectivity index (χ2n) is 4.86. The van der Waals surface area contributed by atoms with E-state index in [0.717, 1.165) is 5.56 Å². The molecular weight excluding hydrogens is 246 g/mol. The van der Waals surface area contributed by atoms with Crippen LogP contribution >= 0.6 is 0 Å². The van der Waals surface area contributed by atoms with E-state index < -0.39 is 0 Å². The molecule has 0 unspecified atom stereocenters. The first-order valence-electron chi connectivity index (χ1n) is 6.40. The Bertz CT molecular complexity index is 487. The van der Waals surface area contributed by atoms with E-state index in [1.165, 1.54) is 0 Å². The van der Waals surface area contributed by atoms with Crippen molar-refractivity contribution in [1.29, 1.82) is 0 Å². The van der Waals surface area contributed by atoms with Crippen molar-refractivity contribution in [2.75, 3.05) is 13.1 Å². The van der Waals surface area contributed by atoms with Crippen molar-refractivity contribution in [3.63, 3.8) is 0 Å². The van der Waals surface area contributed by atoms with Crippen LogP contribution in [-0.4, -0.2) is 36.2 Å². The quantitative estimate of drug-likeness (QED) is 0.758. The number of rotatable bonds is 2. The maximum Gasteiger partial charge on any atom is 0.410 e. The van der Waals surface area contributed by atoms with Gasteiger partial charge in [-0.2, -0.15) is 0 Å². The highest BCUT2D eigenvalue weighted by molar-refractivity contribution is 5.79. The second kappa shape index (κ2) is 4.91. The maximum absolute atomic E-state index is 11.9. The summed E-state index contributed by atoms with van der Waals surface area (Å²) in [6.45, 7) is 1.28. The first-order valence-corrected chi connectivity index (χ1v) is 6.40. The summed E-state index contributed by atoms with van der Waals surface area (Å²) in [5, 5.41) is 0. The second-order valence-corrected chi connectivity index (χ2v) is 4.86. The minimum Gasteiger partial charge on any atom is -0.459 e. The molecule has 1 aromatic rings. The molecule has 2 saturated heterocycles. The fourth-order valence-electron chi connectivity index (χ4n) is 2.45. The van der Waals surface area contributed by atoms with Crippen LogP contribution in [0.25, 0.3) is 0 Å².